The molecule has 1 amide bonds. The highest BCUT2D eigenvalue weighted by Gasteiger charge is 2.34. The fraction of sp³-hybridized carbons (Fsp3) is 0.190. The van der Waals surface area contributed by atoms with Gasteiger partial charge in [-0.15, -0.1) is 10.2 Å². The van der Waals surface area contributed by atoms with Crippen molar-refractivity contribution in [2.45, 2.75) is 30.4 Å². The Morgan fingerprint density at radius 2 is 1.80 bits per heavy atom. The number of benzene rings is 2. The Hall–Kier alpha value is -3.07. The maximum atomic E-state index is 13.2. The molecule has 154 valence electrons. The first kappa shape index (κ1) is 20.2. The van der Waals surface area contributed by atoms with Gasteiger partial charge in [-0.05, 0) is 43.7 Å². The van der Waals surface area contributed by atoms with Crippen LogP contribution in [-0.2, 0) is 11.0 Å². The highest BCUT2D eigenvalue weighted by molar-refractivity contribution is 8.00. The molecule has 0 saturated carbocycles. The molecule has 5 nitrogen and oxygen atoms in total. The number of fused-ring (bicyclic) bond motifs is 3. The summed E-state index contributed by atoms with van der Waals surface area (Å²) in [5.74, 6) is -0.551. The van der Waals surface area contributed by atoms with Crippen LogP contribution in [0.3, 0.4) is 0 Å². The monoisotopic (exact) mass is 430 g/mol. The van der Waals surface area contributed by atoms with E-state index in [2.05, 4.69) is 15.5 Å². The van der Waals surface area contributed by atoms with E-state index in [4.69, 9.17) is 0 Å². The third-order valence-electron chi connectivity index (χ3n) is 4.72. The van der Waals surface area contributed by atoms with E-state index in [9.17, 15) is 18.0 Å². The van der Waals surface area contributed by atoms with Crippen LogP contribution in [0.15, 0.2) is 59.8 Å². The van der Waals surface area contributed by atoms with Crippen LogP contribution >= 0.6 is 11.8 Å². The number of anilines is 1. The Balaban J connectivity index is 1.62. The number of rotatable bonds is 4. The van der Waals surface area contributed by atoms with Crippen molar-refractivity contribution < 1.29 is 18.0 Å². The number of para-hydroxylation sites is 2. The maximum Gasteiger partial charge on any atom is 0.418 e. The first-order chi connectivity index (χ1) is 14.3. The molecule has 0 fully saturated rings. The van der Waals surface area contributed by atoms with Gasteiger partial charge >= 0.3 is 6.18 Å². The molecule has 1 N–H and O–H groups in total. The summed E-state index contributed by atoms with van der Waals surface area (Å²) in [5, 5.41) is 11.6. The number of aryl methyl sites for hydroxylation is 1. The van der Waals surface area contributed by atoms with Gasteiger partial charge in [-0.1, -0.05) is 42.1 Å². The van der Waals surface area contributed by atoms with Gasteiger partial charge in [0.15, 0.2) is 10.8 Å². The van der Waals surface area contributed by atoms with Crippen molar-refractivity contribution in [1.82, 2.24) is 14.6 Å². The Labute approximate surface area is 174 Å². The number of nitrogens with one attached hydrogen (secondary N) is 1. The molecule has 0 aliphatic heterocycles. The maximum absolute atomic E-state index is 13.2. The Morgan fingerprint density at radius 3 is 2.57 bits per heavy atom. The molecule has 2 heterocycles. The van der Waals surface area contributed by atoms with E-state index in [0.29, 0.717) is 10.8 Å². The number of halogens is 3. The minimum absolute atomic E-state index is 0.269. The molecular weight excluding hydrogens is 413 g/mol. The van der Waals surface area contributed by atoms with Gasteiger partial charge in [-0.3, -0.25) is 9.20 Å². The predicted molar refractivity (Wildman–Crippen MR) is 111 cm³/mol. The van der Waals surface area contributed by atoms with Crippen molar-refractivity contribution in [1.29, 1.82) is 0 Å². The second-order valence-electron chi connectivity index (χ2n) is 6.81. The normalized spacial score (nSPS) is 13.0. The summed E-state index contributed by atoms with van der Waals surface area (Å²) in [6.45, 7) is 3.60. The summed E-state index contributed by atoms with van der Waals surface area (Å²) >= 11 is 1.14. The van der Waals surface area contributed by atoms with E-state index in [1.54, 1.807) is 6.92 Å². The van der Waals surface area contributed by atoms with Gasteiger partial charge in [0.2, 0.25) is 5.91 Å². The lowest BCUT2D eigenvalue weighted by atomic mass is 10.1. The Morgan fingerprint density at radius 1 is 1.10 bits per heavy atom. The average molecular weight is 430 g/mol. The standard InChI is InChI=1S/C21H17F3N4OS/c1-12-11-18-26-27-20(28(18)17-10-6-3-7-14(12)17)30-13(2)19(29)25-16-9-5-4-8-15(16)21(22,23)24/h3-11,13H,1-2H3,(H,25,29)/t13-/m0/s1. The second-order valence-corrected chi connectivity index (χ2v) is 8.12. The van der Waals surface area contributed by atoms with Crippen LogP contribution in [0.25, 0.3) is 16.6 Å². The topological polar surface area (TPSA) is 59.3 Å². The van der Waals surface area contributed by atoms with Crippen LogP contribution in [0.1, 0.15) is 18.1 Å². The van der Waals surface area contributed by atoms with Crippen LogP contribution in [0.2, 0.25) is 0 Å². The van der Waals surface area contributed by atoms with Crippen LogP contribution in [0.4, 0.5) is 18.9 Å². The zero-order valence-electron chi connectivity index (χ0n) is 16.1. The highest BCUT2D eigenvalue weighted by Crippen LogP contribution is 2.35. The van der Waals surface area contributed by atoms with Gasteiger partial charge in [0.05, 0.1) is 22.0 Å². The summed E-state index contributed by atoms with van der Waals surface area (Å²) in [6, 6.07) is 14.6. The number of pyridine rings is 1. The lowest BCUT2D eigenvalue weighted by Gasteiger charge is -2.16. The first-order valence-corrected chi connectivity index (χ1v) is 10.0. The quantitative estimate of drug-likeness (QED) is 0.445. The number of amides is 1. The third kappa shape index (κ3) is 3.72. The van der Waals surface area contributed by atoms with E-state index in [1.165, 1.54) is 18.2 Å². The van der Waals surface area contributed by atoms with Crippen LogP contribution < -0.4 is 5.32 Å². The summed E-state index contributed by atoms with van der Waals surface area (Å²) in [5.41, 5.74) is 1.44. The molecule has 0 radical (unpaired) electrons. The van der Waals surface area contributed by atoms with Crippen LogP contribution in [-0.4, -0.2) is 25.8 Å². The van der Waals surface area contributed by atoms with E-state index >= 15 is 0 Å². The molecule has 0 unspecified atom stereocenters. The number of carbonyl (C=O) groups is 1. The van der Waals surface area contributed by atoms with Gasteiger partial charge in [0.25, 0.3) is 0 Å². The van der Waals surface area contributed by atoms with Gasteiger partial charge in [0, 0.05) is 5.39 Å². The molecule has 2 aromatic carbocycles. The van der Waals surface area contributed by atoms with Gasteiger partial charge < -0.3 is 5.32 Å². The summed E-state index contributed by atoms with van der Waals surface area (Å²) in [7, 11) is 0. The number of thioether (sulfide) groups is 1. The highest BCUT2D eigenvalue weighted by atomic mass is 32.2. The molecule has 4 aromatic rings. The fourth-order valence-electron chi connectivity index (χ4n) is 3.24. The molecule has 0 bridgehead atoms. The van der Waals surface area contributed by atoms with Crippen molar-refractivity contribution in [3.05, 3.63) is 65.7 Å². The minimum atomic E-state index is -4.56. The van der Waals surface area contributed by atoms with Gasteiger partial charge in [-0.25, -0.2) is 0 Å². The molecule has 2 aromatic heterocycles. The van der Waals surface area contributed by atoms with Crippen molar-refractivity contribution in [2.75, 3.05) is 5.32 Å². The largest absolute Gasteiger partial charge is 0.418 e. The van der Waals surface area contributed by atoms with E-state index < -0.39 is 22.9 Å². The molecule has 4 rings (SSSR count). The number of aromatic nitrogens is 3. The zero-order valence-corrected chi connectivity index (χ0v) is 16.9. The molecule has 9 heteroatoms. The molecule has 0 aliphatic rings. The van der Waals surface area contributed by atoms with Gasteiger partial charge in [0.1, 0.15) is 0 Å². The number of carbonyl (C=O) groups excluding carboxylic acids is 1. The number of hydrogen-bond acceptors (Lipinski definition) is 4. The second kappa shape index (κ2) is 7.64. The molecule has 0 aliphatic carbocycles. The molecule has 1 atom stereocenters. The van der Waals surface area contributed by atoms with E-state index in [1.807, 2.05) is 41.7 Å². The number of hydrogen-bond donors (Lipinski definition) is 1. The smallest absolute Gasteiger partial charge is 0.325 e. The summed E-state index contributed by atoms with van der Waals surface area (Å²) in [4.78, 5) is 12.6. The molecule has 0 spiro atoms. The predicted octanol–water partition coefficient (Wildman–Crippen LogP) is 5.33. The zero-order chi connectivity index (χ0) is 21.5. The van der Waals surface area contributed by atoms with Crippen molar-refractivity contribution in [3.8, 4) is 0 Å². The summed E-state index contributed by atoms with van der Waals surface area (Å²) < 4.78 is 41.4. The van der Waals surface area contributed by atoms with Gasteiger partial charge in [-0.2, -0.15) is 13.2 Å². The number of nitrogens with zero attached hydrogens (tertiary/aromatic N) is 3. The average Bonchev–Trinajstić information content (AvgIpc) is 3.10. The van der Waals surface area contributed by atoms with Crippen molar-refractivity contribution in [3.63, 3.8) is 0 Å². The van der Waals surface area contributed by atoms with E-state index in [0.717, 1.165) is 34.3 Å². The van der Waals surface area contributed by atoms with Crippen LogP contribution in [0.5, 0.6) is 0 Å². The molecule has 0 saturated heterocycles. The summed E-state index contributed by atoms with van der Waals surface area (Å²) in [6.07, 6.45) is -4.56. The van der Waals surface area contributed by atoms with E-state index in [-0.39, 0.29) is 5.69 Å². The van der Waals surface area contributed by atoms with Crippen molar-refractivity contribution in [2.24, 2.45) is 0 Å². The number of alkyl halides is 3. The first-order valence-electron chi connectivity index (χ1n) is 9.13. The van der Waals surface area contributed by atoms with Crippen LogP contribution in [0, 0.1) is 6.92 Å². The molecular formula is C21H17F3N4OS. The Kier molecular flexibility index (Phi) is 5.15. The molecule has 30 heavy (non-hydrogen) atoms. The lowest BCUT2D eigenvalue weighted by molar-refractivity contribution is -0.137. The fourth-order valence-corrected chi connectivity index (χ4v) is 4.10. The SMILES string of the molecule is Cc1cc2nnc(S[C@@H](C)C(=O)Nc3ccccc3C(F)(F)F)n2c2ccccc12. The third-order valence-corrected chi connectivity index (χ3v) is 5.76. The van der Waals surface area contributed by atoms with Crippen molar-refractivity contribution >= 4 is 39.9 Å². The Bertz CT molecular complexity index is 1250. The lowest BCUT2D eigenvalue weighted by Crippen LogP contribution is -2.24. The minimum Gasteiger partial charge on any atom is -0.325 e.